The zero-order valence-corrected chi connectivity index (χ0v) is 10.5. The number of carbonyl (C=O) groups is 1. The Labute approximate surface area is 97.2 Å². The third kappa shape index (κ3) is 9.69. The maximum atomic E-state index is 10.7. The summed E-state index contributed by atoms with van der Waals surface area (Å²) in [6.45, 7) is 3.16. The van der Waals surface area contributed by atoms with E-state index in [9.17, 15) is 13.2 Å². The molecule has 0 aliphatic heterocycles. The van der Waals surface area contributed by atoms with Crippen molar-refractivity contribution in [2.45, 2.75) is 39.5 Å². The van der Waals surface area contributed by atoms with Gasteiger partial charge in [-0.05, 0) is 26.7 Å². The molecular weight excluding hydrogens is 228 g/mol. The van der Waals surface area contributed by atoms with Gasteiger partial charge in [0.2, 0.25) is 0 Å². The topological polar surface area (TPSA) is 71.4 Å². The first kappa shape index (κ1) is 15.1. The minimum atomic E-state index is -3.97. The fourth-order valence-corrected chi connectivity index (χ4v) is 2.18. The summed E-state index contributed by atoms with van der Waals surface area (Å²) in [7, 11) is -3.97. The average Bonchev–Trinajstić information content (AvgIpc) is 2.09. The van der Waals surface area contributed by atoms with Crippen LogP contribution in [-0.4, -0.2) is 24.5 Å². The summed E-state index contributed by atoms with van der Waals surface area (Å²) in [5.74, 6) is 4.87. The third-order valence-electron chi connectivity index (χ3n) is 2.09. The van der Waals surface area contributed by atoms with Gasteiger partial charge in [0.15, 0.2) is 0 Å². The van der Waals surface area contributed by atoms with Gasteiger partial charge in [0.1, 0.15) is 5.78 Å². The second-order valence-electron chi connectivity index (χ2n) is 3.79. The van der Waals surface area contributed by atoms with E-state index in [2.05, 4.69) is 11.8 Å². The van der Waals surface area contributed by atoms with Crippen LogP contribution in [0.2, 0.25) is 0 Å². The summed E-state index contributed by atoms with van der Waals surface area (Å²) in [6, 6.07) is 0. The van der Waals surface area contributed by atoms with Crippen molar-refractivity contribution in [3.8, 4) is 11.8 Å². The molecule has 0 radical (unpaired) electrons. The molecule has 1 unspecified atom stereocenters. The number of Topliss-reactive ketones (excluding diaryl/α,β-unsaturated/α-hetero) is 1. The molecule has 0 aliphatic rings. The minimum Gasteiger partial charge on any atom is -0.300 e. The Morgan fingerprint density at radius 1 is 1.38 bits per heavy atom. The number of rotatable bonds is 7. The molecular formula is C11H18O4S. The van der Waals surface area contributed by atoms with Crippen LogP contribution in [0.15, 0.2) is 0 Å². The largest absolute Gasteiger partial charge is 0.300 e. The molecule has 0 amide bonds. The molecule has 0 rings (SSSR count). The molecule has 5 heteroatoms. The van der Waals surface area contributed by atoms with Gasteiger partial charge in [0.05, 0.1) is 5.75 Å². The number of ketones is 1. The van der Waals surface area contributed by atoms with Gasteiger partial charge in [-0.1, -0.05) is 12.3 Å². The Hall–Kier alpha value is -0.860. The molecule has 4 nitrogen and oxygen atoms in total. The van der Waals surface area contributed by atoms with Crippen molar-refractivity contribution in [3.05, 3.63) is 0 Å². The molecule has 1 N–H and O–H groups in total. The van der Waals surface area contributed by atoms with E-state index in [1.54, 1.807) is 6.92 Å². The normalized spacial score (nSPS) is 12.7. The lowest BCUT2D eigenvalue weighted by atomic mass is 10.0. The highest BCUT2D eigenvalue weighted by Gasteiger charge is 2.14. The van der Waals surface area contributed by atoms with Gasteiger partial charge < -0.3 is 4.79 Å². The van der Waals surface area contributed by atoms with E-state index in [1.807, 2.05) is 0 Å². The van der Waals surface area contributed by atoms with Crippen molar-refractivity contribution in [3.63, 3.8) is 0 Å². The van der Waals surface area contributed by atoms with E-state index >= 15 is 0 Å². The summed E-state index contributed by atoms with van der Waals surface area (Å²) in [5, 5.41) is 0. The van der Waals surface area contributed by atoms with Crippen molar-refractivity contribution >= 4 is 15.9 Å². The predicted molar refractivity (Wildman–Crippen MR) is 62.5 cm³/mol. The molecule has 0 aliphatic carbocycles. The number of hydrogen-bond donors (Lipinski definition) is 1. The highest BCUT2D eigenvalue weighted by atomic mass is 32.2. The van der Waals surface area contributed by atoms with Crippen molar-refractivity contribution in [1.29, 1.82) is 0 Å². The van der Waals surface area contributed by atoms with Crippen molar-refractivity contribution in [1.82, 2.24) is 0 Å². The maximum absolute atomic E-state index is 10.7. The van der Waals surface area contributed by atoms with Crippen molar-refractivity contribution in [2.75, 3.05) is 5.75 Å². The van der Waals surface area contributed by atoms with E-state index in [1.165, 1.54) is 6.92 Å². The van der Waals surface area contributed by atoms with Crippen LogP contribution in [0.4, 0.5) is 0 Å². The highest BCUT2D eigenvalue weighted by molar-refractivity contribution is 7.85. The summed E-state index contributed by atoms with van der Waals surface area (Å²) < 4.78 is 30.1. The van der Waals surface area contributed by atoms with Gasteiger partial charge in [0.25, 0.3) is 10.1 Å². The lowest BCUT2D eigenvalue weighted by molar-refractivity contribution is -0.117. The Morgan fingerprint density at radius 3 is 2.44 bits per heavy atom. The molecule has 0 saturated carbocycles. The first-order valence-corrected chi connectivity index (χ1v) is 6.83. The molecule has 1 atom stereocenters. The highest BCUT2D eigenvalue weighted by Crippen LogP contribution is 2.11. The molecule has 0 aromatic rings. The Balaban J connectivity index is 4.04. The summed E-state index contributed by atoms with van der Waals surface area (Å²) in [6.07, 6.45) is 2.59. The maximum Gasteiger partial charge on any atom is 0.266 e. The Kier molecular flexibility index (Phi) is 7.02. The molecule has 0 fully saturated rings. The predicted octanol–water partition coefficient (Wildman–Crippen LogP) is 1.66. The van der Waals surface area contributed by atoms with Crippen molar-refractivity contribution in [2.24, 2.45) is 5.92 Å². The first-order chi connectivity index (χ1) is 7.35. The van der Waals surface area contributed by atoms with Crippen LogP contribution >= 0.6 is 0 Å². The fraction of sp³-hybridized carbons (Fsp3) is 0.727. The molecule has 0 bridgehead atoms. The van der Waals surface area contributed by atoms with Crippen LogP contribution in [0.1, 0.15) is 39.5 Å². The molecule has 92 valence electrons. The molecule has 0 saturated heterocycles. The molecule has 0 spiro atoms. The van der Waals surface area contributed by atoms with E-state index in [0.717, 1.165) is 12.8 Å². The third-order valence-corrected chi connectivity index (χ3v) is 2.92. The number of unbranched alkanes of at least 4 members (excludes halogenated alkanes) is 1. The quantitative estimate of drug-likeness (QED) is 0.421. The second kappa shape index (κ2) is 7.42. The molecule has 0 aromatic carbocycles. The molecule has 0 heterocycles. The lowest BCUT2D eigenvalue weighted by Gasteiger charge is -2.07. The molecule has 0 aromatic heterocycles. The van der Waals surface area contributed by atoms with Crippen LogP contribution in [0, 0.1) is 17.8 Å². The van der Waals surface area contributed by atoms with E-state index < -0.39 is 10.1 Å². The Morgan fingerprint density at radius 2 is 2.00 bits per heavy atom. The smallest absolute Gasteiger partial charge is 0.266 e. The fourth-order valence-electron chi connectivity index (χ4n) is 1.42. The van der Waals surface area contributed by atoms with E-state index in [0.29, 0.717) is 12.8 Å². The standard InChI is InChI=1S/C11H18O4S/c1-3-6-11(9-16(13,14)15)8-5-4-7-10(2)12/h11H,4-5,7-9H2,1-2H3,(H,13,14,15). The number of carbonyl (C=O) groups excluding carboxylic acids is 1. The zero-order valence-electron chi connectivity index (χ0n) is 9.69. The van der Waals surface area contributed by atoms with Crippen LogP contribution < -0.4 is 0 Å². The zero-order chi connectivity index (χ0) is 12.6. The van der Waals surface area contributed by atoms with Crippen LogP contribution in [-0.2, 0) is 14.9 Å². The Bertz CT molecular complexity index is 373. The SMILES string of the molecule is CC#CC(CCCCC(C)=O)CS(=O)(=O)O. The lowest BCUT2D eigenvalue weighted by Crippen LogP contribution is -2.14. The van der Waals surface area contributed by atoms with Gasteiger partial charge >= 0.3 is 0 Å². The van der Waals surface area contributed by atoms with Gasteiger partial charge in [-0.2, -0.15) is 8.42 Å². The van der Waals surface area contributed by atoms with Crippen LogP contribution in [0.25, 0.3) is 0 Å². The first-order valence-electron chi connectivity index (χ1n) is 5.22. The van der Waals surface area contributed by atoms with Crippen LogP contribution in [0.3, 0.4) is 0 Å². The van der Waals surface area contributed by atoms with E-state index in [-0.39, 0.29) is 17.5 Å². The second-order valence-corrected chi connectivity index (χ2v) is 5.28. The monoisotopic (exact) mass is 246 g/mol. The summed E-state index contributed by atoms with van der Waals surface area (Å²) in [4.78, 5) is 10.7. The minimum absolute atomic E-state index is 0.132. The summed E-state index contributed by atoms with van der Waals surface area (Å²) in [5.41, 5.74) is 0. The van der Waals surface area contributed by atoms with Gasteiger partial charge in [-0.15, -0.1) is 5.92 Å². The van der Waals surface area contributed by atoms with Gasteiger partial charge in [-0.3, -0.25) is 4.55 Å². The summed E-state index contributed by atoms with van der Waals surface area (Å²) >= 11 is 0. The average molecular weight is 246 g/mol. The van der Waals surface area contributed by atoms with Gasteiger partial charge in [0, 0.05) is 12.3 Å². The molecule has 16 heavy (non-hydrogen) atoms. The number of hydrogen-bond acceptors (Lipinski definition) is 3. The van der Waals surface area contributed by atoms with Crippen molar-refractivity contribution < 1.29 is 17.8 Å². The van der Waals surface area contributed by atoms with Gasteiger partial charge in [-0.25, -0.2) is 0 Å². The van der Waals surface area contributed by atoms with Crippen LogP contribution in [0.5, 0.6) is 0 Å². The van der Waals surface area contributed by atoms with E-state index in [4.69, 9.17) is 4.55 Å².